The van der Waals surface area contributed by atoms with Gasteiger partial charge in [0.1, 0.15) is 16.5 Å². The van der Waals surface area contributed by atoms with Crippen LogP contribution < -0.4 is 0 Å². The second kappa shape index (κ2) is 7.05. The standard InChI is InChI=1S/C22H25ClN4S/c1-12-8-13(2)10-15(9-12)19-16(6-7-23)17-11-18(28-20(17)25-19)22(4,5)21-24-14(3)26-27-21/h8-11,25H,6-7H2,1-5H3,(H,24,26,27). The normalized spacial score (nSPS) is 12.2. The maximum absolute atomic E-state index is 6.18. The van der Waals surface area contributed by atoms with Crippen molar-refractivity contribution in [1.29, 1.82) is 0 Å². The number of nitrogens with zero attached hydrogens (tertiary/aromatic N) is 2. The summed E-state index contributed by atoms with van der Waals surface area (Å²) >= 11 is 7.96. The van der Waals surface area contributed by atoms with E-state index >= 15 is 0 Å². The van der Waals surface area contributed by atoms with E-state index < -0.39 is 0 Å². The average molecular weight is 413 g/mol. The van der Waals surface area contributed by atoms with Crippen molar-refractivity contribution >= 4 is 33.2 Å². The highest BCUT2D eigenvalue weighted by Gasteiger charge is 2.30. The number of halogens is 1. The molecule has 2 N–H and O–H groups in total. The molecule has 0 spiro atoms. The molecule has 0 saturated heterocycles. The van der Waals surface area contributed by atoms with Crippen LogP contribution in [0.3, 0.4) is 0 Å². The summed E-state index contributed by atoms with van der Waals surface area (Å²) in [6, 6.07) is 8.98. The van der Waals surface area contributed by atoms with E-state index in [2.05, 4.69) is 72.1 Å². The van der Waals surface area contributed by atoms with Crippen LogP contribution in [0, 0.1) is 20.8 Å². The summed E-state index contributed by atoms with van der Waals surface area (Å²) in [6.45, 7) is 10.6. The Kier molecular flexibility index (Phi) is 4.84. The Morgan fingerprint density at radius 2 is 1.79 bits per heavy atom. The molecule has 0 saturated carbocycles. The molecule has 0 amide bonds. The maximum Gasteiger partial charge on any atom is 0.147 e. The third-order valence-electron chi connectivity index (χ3n) is 5.26. The molecule has 0 bridgehead atoms. The highest BCUT2D eigenvalue weighted by molar-refractivity contribution is 7.18. The summed E-state index contributed by atoms with van der Waals surface area (Å²) in [5.74, 6) is 2.26. The molecule has 0 radical (unpaired) electrons. The number of aromatic amines is 2. The fraction of sp³-hybridized carbons (Fsp3) is 0.364. The van der Waals surface area contributed by atoms with E-state index in [9.17, 15) is 0 Å². The highest BCUT2D eigenvalue weighted by atomic mass is 35.5. The third-order valence-corrected chi connectivity index (χ3v) is 6.82. The zero-order valence-electron chi connectivity index (χ0n) is 16.9. The van der Waals surface area contributed by atoms with Gasteiger partial charge in [-0.2, -0.15) is 5.10 Å². The molecule has 0 aliphatic heterocycles. The van der Waals surface area contributed by atoms with Gasteiger partial charge in [-0.25, -0.2) is 4.98 Å². The van der Waals surface area contributed by atoms with Gasteiger partial charge in [0.25, 0.3) is 0 Å². The van der Waals surface area contributed by atoms with Crippen molar-refractivity contribution in [1.82, 2.24) is 20.2 Å². The molecule has 0 aliphatic rings. The molecule has 0 aliphatic carbocycles. The molecule has 3 aromatic heterocycles. The van der Waals surface area contributed by atoms with E-state index in [1.54, 1.807) is 11.3 Å². The van der Waals surface area contributed by atoms with Crippen LogP contribution in [0.25, 0.3) is 21.5 Å². The van der Waals surface area contributed by atoms with Gasteiger partial charge in [-0.15, -0.1) is 22.9 Å². The summed E-state index contributed by atoms with van der Waals surface area (Å²) in [6.07, 6.45) is 0.835. The smallest absolute Gasteiger partial charge is 0.147 e. The lowest BCUT2D eigenvalue weighted by molar-refractivity contribution is 0.606. The number of alkyl halides is 1. The summed E-state index contributed by atoms with van der Waals surface area (Å²) in [5, 5.41) is 8.56. The highest BCUT2D eigenvalue weighted by Crippen LogP contribution is 2.41. The van der Waals surface area contributed by atoms with Crippen LogP contribution in [0.15, 0.2) is 24.3 Å². The fourth-order valence-corrected chi connectivity index (χ4v) is 5.18. The van der Waals surface area contributed by atoms with Gasteiger partial charge in [-0.3, -0.25) is 5.10 Å². The Morgan fingerprint density at radius 1 is 1.07 bits per heavy atom. The number of rotatable bonds is 5. The molecule has 4 aromatic rings. The van der Waals surface area contributed by atoms with E-state index in [4.69, 9.17) is 11.6 Å². The van der Waals surface area contributed by atoms with Gasteiger partial charge in [-0.1, -0.05) is 17.2 Å². The Bertz CT molecular complexity index is 1130. The number of fused-ring (bicyclic) bond motifs is 1. The first-order valence-corrected chi connectivity index (χ1v) is 10.8. The van der Waals surface area contributed by atoms with Crippen LogP contribution in [0.1, 0.15) is 47.1 Å². The van der Waals surface area contributed by atoms with Crippen LogP contribution in [0.5, 0.6) is 0 Å². The molecule has 4 nitrogen and oxygen atoms in total. The molecule has 146 valence electrons. The minimum absolute atomic E-state index is 0.232. The van der Waals surface area contributed by atoms with E-state index in [-0.39, 0.29) is 5.41 Å². The number of aryl methyl sites for hydroxylation is 4. The number of aromatic nitrogens is 4. The second-order valence-corrected chi connectivity index (χ2v) is 9.43. The Hall–Kier alpha value is -2.11. The molecule has 4 rings (SSSR count). The number of nitrogens with one attached hydrogen (secondary N) is 2. The number of thiophene rings is 1. The summed E-state index contributed by atoms with van der Waals surface area (Å²) in [7, 11) is 0. The molecule has 6 heteroatoms. The molecule has 28 heavy (non-hydrogen) atoms. The van der Waals surface area contributed by atoms with Crippen molar-refractivity contribution < 1.29 is 0 Å². The van der Waals surface area contributed by atoms with Gasteiger partial charge >= 0.3 is 0 Å². The van der Waals surface area contributed by atoms with Crippen molar-refractivity contribution in [3.63, 3.8) is 0 Å². The number of benzene rings is 1. The number of H-pyrrole nitrogens is 2. The largest absolute Gasteiger partial charge is 0.346 e. The summed E-state index contributed by atoms with van der Waals surface area (Å²) in [5.41, 5.74) is 6.02. The Balaban J connectivity index is 1.85. The van der Waals surface area contributed by atoms with E-state index in [1.165, 1.54) is 43.0 Å². The fourth-order valence-electron chi connectivity index (χ4n) is 3.80. The van der Waals surface area contributed by atoms with Crippen LogP contribution in [0.4, 0.5) is 0 Å². The molecule has 0 atom stereocenters. The predicted molar refractivity (Wildman–Crippen MR) is 119 cm³/mol. The average Bonchev–Trinajstić information content (AvgIpc) is 3.30. The maximum atomic E-state index is 6.18. The predicted octanol–water partition coefficient (Wildman–Crippen LogP) is 6.05. The molecule has 0 unspecified atom stereocenters. The van der Waals surface area contributed by atoms with Crippen LogP contribution in [0.2, 0.25) is 0 Å². The van der Waals surface area contributed by atoms with Crippen molar-refractivity contribution in [2.75, 3.05) is 5.88 Å². The van der Waals surface area contributed by atoms with Gasteiger partial charge in [0.15, 0.2) is 0 Å². The van der Waals surface area contributed by atoms with Crippen LogP contribution in [-0.4, -0.2) is 26.0 Å². The van der Waals surface area contributed by atoms with Crippen molar-refractivity contribution in [2.24, 2.45) is 0 Å². The topological polar surface area (TPSA) is 57.4 Å². The lowest BCUT2D eigenvalue weighted by Gasteiger charge is -2.19. The van der Waals surface area contributed by atoms with Gasteiger partial charge in [0.05, 0.1) is 11.1 Å². The van der Waals surface area contributed by atoms with Crippen LogP contribution >= 0.6 is 22.9 Å². The van der Waals surface area contributed by atoms with E-state index in [1.807, 2.05) is 6.92 Å². The molecular formula is C22H25ClN4S. The van der Waals surface area contributed by atoms with Crippen molar-refractivity contribution in [2.45, 2.75) is 46.5 Å². The first kappa shape index (κ1) is 19.2. The van der Waals surface area contributed by atoms with Gasteiger partial charge in [-0.05, 0) is 70.4 Å². The number of hydrogen-bond donors (Lipinski definition) is 2. The van der Waals surface area contributed by atoms with E-state index in [0.29, 0.717) is 5.88 Å². The van der Waals surface area contributed by atoms with Crippen molar-refractivity contribution in [3.05, 3.63) is 57.5 Å². The van der Waals surface area contributed by atoms with Crippen molar-refractivity contribution in [3.8, 4) is 11.3 Å². The quantitative estimate of drug-likeness (QED) is 0.392. The molecule has 1 aromatic carbocycles. The zero-order valence-corrected chi connectivity index (χ0v) is 18.5. The van der Waals surface area contributed by atoms with Crippen LogP contribution in [-0.2, 0) is 11.8 Å². The third kappa shape index (κ3) is 3.27. The second-order valence-electron chi connectivity index (χ2n) is 8.00. The zero-order chi connectivity index (χ0) is 20.1. The minimum Gasteiger partial charge on any atom is -0.346 e. The van der Waals surface area contributed by atoms with E-state index in [0.717, 1.165) is 18.1 Å². The summed E-state index contributed by atoms with van der Waals surface area (Å²) in [4.78, 5) is 10.7. The molecule has 0 fully saturated rings. The first-order valence-electron chi connectivity index (χ1n) is 9.48. The lowest BCUT2D eigenvalue weighted by atomic mass is 9.90. The van der Waals surface area contributed by atoms with Gasteiger partial charge in [0.2, 0.25) is 0 Å². The monoisotopic (exact) mass is 412 g/mol. The Morgan fingerprint density at radius 3 is 2.39 bits per heavy atom. The Labute approximate surface area is 174 Å². The summed E-state index contributed by atoms with van der Waals surface area (Å²) < 4.78 is 0. The minimum atomic E-state index is -0.232. The first-order chi connectivity index (χ1) is 13.3. The number of hydrogen-bond acceptors (Lipinski definition) is 3. The van der Waals surface area contributed by atoms with Gasteiger partial charge in [0, 0.05) is 16.1 Å². The SMILES string of the molecule is Cc1cc(C)cc(-c2[nH]c3sc(C(C)(C)c4nc(C)n[nH]4)cc3c2CCCl)c1. The molecular weight excluding hydrogens is 388 g/mol. The molecule has 3 heterocycles. The lowest BCUT2D eigenvalue weighted by Crippen LogP contribution is -2.19. The van der Waals surface area contributed by atoms with Gasteiger partial charge < -0.3 is 4.98 Å².